The number of halogens is 1. The van der Waals surface area contributed by atoms with Crippen molar-refractivity contribution in [1.82, 2.24) is 0 Å². The minimum atomic E-state index is -1.18. The second-order valence-electron chi connectivity index (χ2n) is 7.35. The zero-order chi connectivity index (χ0) is 18.1. The summed E-state index contributed by atoms with van der Waals surface area (Å²) in [5, 5.41) is 0. The molecule has 142 valence electrons. The largest absolute Gasteiger partial charge is 1.00 e. The third-order valence-electron chi connectivity index (χ3n) is 5.07. The molecule has 0 saturated carbocycles. The standard InChI is InChI=1S/C25H30P.ClH/c1-2-3-19-26(20-23-13-7-4-8-14-23,21-24-15-9-5-10-16-24)22-25-17-11-6-12-18-25;/h4-18H,2-3,19-22H2,1H3;1H/q+1;/p-1. The number of unbranched alkanes of at least 4 members (excludes halogenated alkanes) is 1. The predicted molar refractivity (Wildman–Crippen MR) is 117 cm³/mol. The summed E-state index contributed by atoms with van der Waals surface area (Å²) in [5.41, 5.74) is 4.51. The Hall–Kier alpha value is -1.62. The van der Waals surface area contributed by atoms with Crippen molar-refractivity contribution in [1.29, 1.82) is 0 Å². The van der Waals surface area contributed by atoms with E-state index in [4.69, 9.17) is 0 Å². The van der Waals surface area contributed by atoms with Gasteiger partial charge in [-0.15, -0.1) is 0 Å². The Morgan fingerprint density at radius 3 is 1.19 bits per heavy atom. The zero-order valence-electron chi connectivity index (χ0n) is 16.2. The van der Waals surface area contributed by atoms with Gasteiger partial charge in [0.15, 0.2) is 0 Å². The Labute approximate surface area is 171 Å². The molecule has 0 unspecified atom stereocenters. The number of rotatable bonds is 9. The fourth-order valence-corrected chi connectivity index (χ4v) is 8.56. The summed E-state index contributed by atoms with van der Waals surface area (Å²) in [7, 11) is -1.18. The summed E-state index contributed by atoms with van der Waals surface area (Å²) in [6.45, 7) is 2.32. The minimum Gasteiger partial charge on any atom is -1.00 e. The molecule has 0 heterocycles. The van der Waals surface area contributed by atoms with Gasteiger partial charge in [0, 0.05) is 7.26 Å². The monoisotopic (exact) mass is 396 g/mol. The van der Waals surface area contributed by atoms with Crippen LogP contribution in [-0.4, -0.2) is 6.16 Å². The zero-order valence-corrected chi connectivity index (χ0v) is 17.9. The van der Waals surface area contributed by atoms with Crippen molar-refractivity contribution in [3.8, 4) is 0 Å². The molecule has 0 saturated heterocycles. The molecule has 3 aromatic rings. The Bertz CT molecular complexity index is 655. The fourth-order valence-electron chi connectivity index (χ4n) is 3.81. The van der Waals surface area contributed by atoms with Crippen LogP contribution in [0.25, 0.3) is 0 Å². The molecule has 0 nitrogen and oxygen atoms in total. The quantitative estimate of drug-likeness (QED) is 0.470. The van der Waals surface area contributed by atoms with Crippen molar-refractivity contribution in [3.05, 3.63) is 108 Å². The number of benzene rings is 3. The normalized spacial score (nSPS) is 11.0. The molecule has 0 fully saturated rings. The van der Waals surface area contributed by atoms with E-state index in [0.717, 1.165) is 0 Å². The second-order valence-corrected chi connectivity index (χ2v) is 11.4. The van der Waals surface area contributed by atoms with Gasteiger partial charge in [-0.2, -0.15) is 0 Å². The topological polar surface area (TPSA) is 0 Å². The third kappa shape index (κ3) is 6.80. The fraction of sp³-hybridized carbons (Fsp3) is 0.280. The van der Waals surface area contributed by atoms with E-state index in [1.54, 1.807) is 0 Å². The molecule has 0 radical (unpaired) electrons. The van der Waals surface area contributed by atoms with Crippen molar-refractivity contribution in [2.24, 2.45) is 0 Å². The maximum Gasteiger partial charge on any atom is 0.0849 e. The second kappa shape index (κ2) is 11.3. The van der Waals surface area contributed by atoms with E-state index in [-0.39, 0.29) is 12.4 Å². The summed E-state index contributed by atoms with van der Waals surface area (Å²) in [4.78, 5) is 0. The lowest BCUT2D eigenvalue weighted by Gasteiger charge is -2.28. The summed E-state index contributed by atoms with van der Waals surface area (Å²) in [6.07, 6.45) is 7.73. The first-order valence-electron chi connectivity index (χ1n) is 9.76. The van der Waals surface area contributed by atoms with Crippen molar-refractivity contribution in [2.75, 3.05) is 6.16 Å². The predicted octanol–water partition coefficient (Wildman–Crippen LogP) is 4.41. The molecular weight excluding hydrogens is 367 g/mol. The molecule has 0 aliphatic carbocycles. The Kier molecular flexibility index (Phi) is 9.05. The third-order valence-corrected chi connectivity index (χ3v) is 9.44. The van der Waals surface area contributed by atoms with Gasteiger partial charge in [0.25, 0.3) is 0 Å². The average molecular weight is 397 g/mol. The maximum atomic E-state index is 2.32. The summed E-state index contributed by atoms with van der Waals surface area (Å²) in [6, 6.07) is 33.4. The highest BCUT2D eigenvalue weighted by Crippen LogP contribution is 2.66. The van der Waals surface area contributed by atoms with Crippen LogP contribution >= 0.6 is 7.26 Å². The van der Waals surface area contributed by atoms with Crippen LogP contribution in [0.1, 0.15) is 36.5 Å². The van der Waals surface area contributed by atoms with Crippen LogP contribution in [-0.2, 0) is 18.5 Å². The first-order valence-corrected chi connectivity index (χ1v) is 12.3. The van der Waals surface area contributed by atoms with E-state index in [9.17, 15) is 0 Å². The van der Waals surface area contributed by atoms with Gasteiger partial charge in [-0.25, -0.2) is 0 Å². The van der Waals surface area contributed by atoms with Gasteiger partial charge in [0.2, 0.25) is 0 Å². The van der Waals surface area contributed by atoms with Crippen LogP contribution in [0.5, 0.6) is 0 Å². The van der Waals surface area contributed by atoms with Crippen LogP contribution in [0.3, 0.4) is 0 Å². The highest BCUT2D eigenvalue weighted by Gasteiger charge is 2.37. The molecule has 0 aliphatic rings. The van der Waals surface area contributed by atoms with Gasteiger partial charge in [-0.1, -0.05) is 104 Å². The molecular formula is C25H30ClP. The molecule has 27 heavy (non-hydrogen) atoms. The van der Waals surface area contributed by atoms with Crippen molar-refractivity contribution >= 4 is 7.26 Å². The first-order chi connectivity index (χ1) is 12.8. The summed E-state index contributed by atoms with van der Waals surface area (Å²) in [5.74, 6) is 0. The molecule has 3 aromatic carbocycles. The molecule has 0 spiro atoms. The van der Waals surface area contributed by atoms with Crippen LogP contribution < -0.4 is 12.4 Å². The van der Waals surface area contributed by atoms with Crippen molar-refractivity contribution in [2.45, 2.75) is 38.3 Å². The van der Waals surface area contributed by atoms with Gasteiger partial charge in [-0.3, -0.25) is 0 Å². The SMILES string of the molecule is CCCC[P+](Cc1ccccc1)(Cc1ccccc1)Cc1ccccc1.[Cl-]. The lowest BCUT2D eigenvalue weighted by Crippen LogP contribution is -3.00. The Balaban J connectivity index is 0.00000261. The van der Waals surface area contributed by atoms with E-state index in [1.165, 1.54) is 54.2 Å². The Morgan fingerprint density at radius 2 is 0.889 bits per heavy atom. The van der Waals surface area contributed by atoms with Crippen LogP contribution in [0, 0.1) is 0 Å². The number of hydrogen-bond donors (Lipinski definition) is 0. The van der Waals surface area contributed by atoms with Gasteiger partial charge < -0.3 is 12.4 Å². The molecule has 0 bridgehead atoms. The minimum absolute atomic E-state index is 0. The Morgan fingerprint density at radius 1 is 0.556 bits per heavy atom. The molecule has 0 N–H and O–H groups in total. The van der Waals surface area contributed by atoms with E-state index in [2.05, 4.69) is 97.9 Å². The highest BCUT2D eigenvalue weighted by molar-refractivity contribution is 7.73. The first kappa shape index (κ1) is 21.7. The van der Waals surface area contributed by atoms with Crippen LogP contribution in [0.2, 0.25) is 0 Å². The van der Waals surface area contributed by atoms with Gasteiger partial charge in [0.05, 0.1) is 24.6 Å². The lowest BCUT2D eigenvalue weighted by molar-refractivity contribution is -0.00000552. The van der Waals surface area contributed by atoms with E-state index < -0.39 is 7.26 Å². The van der Waals surface area contributed by atoms with Crippen molar-refractivity contribution < 1.29 is 12.4 Å². The summed E-state index contributed by atoms with van der Waals surface area (Å²) < 4.78 is 0. The van der Waals surface area contributed by atoms with Gasteiger partial charge in [-0.05, 0) is 23.1 Å². The van der Waals surface area contributed by atoms with Gasteiger partial charge >= 0.3 is 0 Å². The maximum absolute atomic E-state index is 2.32. The molecule has 3 rings (SSSR count). The smallest absolute Gasteiger partial charge is 0.0849 e. The number of hydrogen-bond acceptors (Lipinski definition) is 0. The van der Waals surface area contributed by atoms with E-state index in [0.29, 0.717) is 0 Å². The molecule has 2 heteroatoms. The van der Waals surface area contributed by atoms with Crippen LogP contribution in [0.15, 0.2) is 91.0 Å². The molecule has 0 amide bonds. The average Bonchev–Trinajstić information content (AvgIpc) is 2.69. The molecule has 0 atom stereocenters. The molecule has 0 aliphatic heterocycles. The van der Waals surface area contributed by atoms with E-state index >= 15 is 0 Å². The highest BCUT2D eigenvalue weighted by atomic mass is 35.5. The summed E-state index contributed by atoms with van der Waals surface area (Å²) >= 11 is 0. The lowest BCUT2D eigenvalue weighted by atomic mass is 10.2. The van der Waals surface area contributed by atoms with Crippen molar-refractivity contribution in [3.63, 3.8) is 0 Å². The molecule has 0 aromatic heterocycles. The van der Waals surface area contributed by atoms with Gasteiger partial charge in [0.1, 0.15) is 0 Å². The van der Waals surface area contributed by atoms with Crippen LogP contribution in [0.4, 0.5) is 0 Å². The van der Waals surface area contributed by atoms with E-state index in [1.807, 2.05) is 0 Å².